The summed E-state index contributed by atoms with van der Waals surface area (Å²) in [5, 5.41) is 6.23. The second-order valence-corrected chi connectivity index (χ2v) is 5.98. The summed E-state index contributed by atoms with van der Waals surface area (Å²) in [5.74, 6) is 1.25. The van der Waals surface area contributed by atoms with Gasteiger partial charge in [-0.25, -0.2) is 0 Å². The third-order valence-electron chi connectivity index (χ3n) is 4.20. The lowest BCUT2D eigenvalue weighted by Crippen LogP contribution is -2.23. The Morgan fingerprint density at radius 3 is 2.67 bits per heavy atom. The minimum absolute atomic E-state index is 0.00778. The Hall–Kier alpha value is -2.01. The molecule has 1 aromatic rings. The van der Waals surface area contributed by atoms with E-state index in [1.807, 2.05) is 6.07 Å². The van der Waals surface area contributed by atoms with Gasteiger partial charge in [-0.1, -0.05) is 11.6 Å². The minimum atomic E-state index is -0.00778. The van der Waals surface area contributed by atoms with Crippen molar-refractivity contribution in [2.75, 3.05) is 32.6 Å². The van der Waals surface area contributed by atoms with Gasteiger partial charge in [0.25, 0.3) is 0 Å². The summed E-state index contributed by atoms with van der Waals surface area (Å²) in [6.45, 7) is 1.63. The quantitative estimate of drug-likeness (QED) is 0.537. The predicted molar refractivity (Wildman–Crippen MR) is 96.8 cm³/mol. The van der Waals surface area contributed by atoms with Crippen LogP contribution in [-0.2, 0) is 4.79 Å². The van der Waals surface area contributed by atoms with Crippen LogP contribution in [0.4, 0.5) is 5.69 Å². The normalized spacial score (nSPS) is 14.0. The highest BCUT2D eigenvalue weighted by Crippen LogP contribution is 2.29. The summed E-state index contributed by atoms with van der Waals surface area (Å²) in [5.41, 5.74) is 2.27. The lowest BCUT2D eigenvalue weighted by Gasteiger charge is -2.13. The van der Waals surface area contributed by atoms with E-state index >= 15 is 0 Å². The van der Waals surface area contributed by atoms with Crippen LogP contribution >= 0.6 is 0 Å². The van der Waals surface area contributed by atoms with Crippen molar-refractivity contribution < 1.29 is 14.3 Å². The molecule has 1 aliphatic carbocycles. The number of carbonyl (C=O) groups is 1. The fraction of sp³-hybridized carbons (Fsp3) is 0.526. The minimum Gasteiger partial charge on any atom is -0.493 e. The van der Waals surface area contributed by atoms with Gasteiger partial charge < -0.3 is 20.1 Å². The number of hydrogen-bond donors (Lipinski definition) is 2. The lowest BCUT2D eigenvalue weighted by atomic mass is 9.97. The molecule has 0 radical (unpaired) electrons. The molecule has 0 fully saturated rings. The zero-order valence-corrected chi connectivity index (χ0v) is 14.7. The Morgan fingerprint density at radius 1 is 1.12 bits per heavy atom. The Bertz CT molecular complexity index is 570. The van der Waals surface area contributed by atoms with Crippen LogP contribution in [-0.4, -0.2) is 33.2 Å². The molecule has 2 N–H and O–H groups in total. The molecule has 0 atom stereocenters. The average Bonchev–Trinajstić information content (AvgIpc) is 2.62. The van der Waals surface area contributed by atoms with Gasteiger partial charge in [0, 0.05) is 24.7 Å². The van der Waals surface area contributed by atoms with Crippen molar-refractivity contribution in [2.24, 2.45) is 0 Å². The van der Waals surface area contributed by atoms with E-state index in [0.29, 0.717) is 30.2 Å². The third kappa shape index (κ3) is 5.89. The van der Waals surface area contributed by atoms with Crippen LogP contribution in [0, 0.1) is 0 Å². The molecule has 0 saturated carbocycles. The van der Waals surface area contributed by atoms with Crippen molar-refractivity contribution in [3.63, 3.8) is 0 Å². The van der Waals surface area contributed by atoms with E-state index in [-0.39, 0.29) is 5.91 Å². The molecule has 1 aliphatic rings. The molecule has 24 heavy (non-hydrogen) atoms. The van der Waals surface area contributed by atoms with Crippen molar-refractivity contribution >= 4 is 11.6 Å². The molecule has 0 spiro atoms. The van der Waals surface area contributed by atoms with Crippen LogP contribution in [0.5, 0.6) is 11.5 Å². The average molecular weight is 332 g/mol. The van der Waals surface area contributed by atoms with Gasteiger partial charge in [0.05, 0.1) is 14.2 Å². The van der Waals surface area contributed by atoms with E-state index < -0.39 is 0 Å². The maximum Gasteiger partial charge on any atom is 0.225 e. The summed E-state index contributed by atoms with van der Waals surface area (Å²) in [6, 6.07) is 5.35. The van der Waals surface area contributed by atoms with Gasteiger partial charge in [-0.3, -0.25) is 4.79 Å². The van der Waals surface area contributed by atoms with Crippen LogP contribution in [0.25, 0.3) is 0 Å². The molecule has 1 aromatic carbocycles. The number of hydrogen-bond acceptors (Lipinski definition) is 4. The lowest BCUT2D eigenvalue weighted by molar-refractivity contribution is -0.116. The van der Waals surface area contributed by atoms with E-state index in [1.54, 1.807) is 31.9 Å². The number of amides is 1. The van der Waals surface area contributed by atoms with Gasteiger partial charge in [-0.05, 0) is 50.8 Å². The Labute approximate surface area is 144 Å². The summed E-state index contributed by atoms with van der Waals surface area (Å²) < 4.78 is 10.4. The topological polar surface area (TPSA) is 59.6 Å². The van der Waals surface area contributed by atoms with Crippen LogP contribution in [0.2, 0.25) is 0 Å². The number of benzene rings is 1. The summed E-state index contributed by atoms with van der Waals surface area (Å²) in [7, 11) is 3.17. The van der Waals surface area contributed by atoms with Crippen molar-refractivity contribution in [3.8, 4) is 11.5 Å². The van der Waals surface area contributed by atoms with Crippen molar-refractivity contribution in [1.29, 1.82) is 0 Å². The van der Waals surface area contributed by atoms with Gasteiger partial charge in [-0.2, -0.15) is 0 Å². The first kappa shape index (κ1) is 18.3. The van der Waals surface area contributed by atoms with E-state index in [9.17, 15) is 4.79 Å². The molecule has 5 heteroatoms. The molecule has 0 unspecified atom stereocenters. The largest absolute Gasteiger partial charge is 0.493 e. The molecule has 1 amide bonds. The Morgan fingerprint density at radius 2 is 1.96 bits per heavy atom. The van der Waals surface area contributed by atoms with E-state index in [2.05, 4.69) is 16.7 Å². The fourth-order valence-electron chi connectivity index (χ4n) is 2.85. The standard InChI is InChI=1S/C19H28N2O3/c1-23-17-9-8-16(14-18(17)24-2)21-19(22)11-13-20-12-10-15-6-4-3-5-7-15/h6,8-9,14,20H,3-5,7,10-13H2,1-2H3,(H,21,22). The molecule has 5 nitrogen and oxygen atoms in total. The smallest absolute Gasteiger partial charge is 0.225 e. The molecular weight excluding hydrogens is 304 g/mol. The molecule has 0 heterocycles. The van der Waals surface area contributed by atoms with Crippen molar-refractivity contribution in [2.45, 2.75) is 38.5 Å². The first-order chi connectivity index (χ1) is 11.7. The first-order valence-corrected chi connectivity index (χ1v) is 8.63. The highest BCUT2D eigenvalue weighted by atomic mass is 16.5. The maximum atomic E-state index is 12.0. The van der Waals surface area contributed by atoms with Gasteiger partial charge >= 0.3 is 0 Å². The summed E-state index contributed by atoms with van der Waals surface area (Å²) in [6.07, 6.45) is 9.02. The monoisotopic (exact) mass is 332 g/mol. The van der Waals surface area contributed by atoms with E-state index in [0.717, 1.165) is 13.0 Å². The highest BCUT2D eigenvalue weighted by molar-refractivity contribution is 5.91. The fourth-order valence-corrected chi connectivity index (χ4v) is 2.85. The second kappa shape index (κ2) is 9.98. The summed E-state index contributed by atoms with van der Waals surface area (Å²) in [4.78, 5) is 12.0. The van der Waals surface area contributed by atoms with E-state index in [4.69, 9.17) is 9.47 Å². The molecule has 0 bridgehead atoms. The van der Waals surface area contributed by atoms with Gasteiger partial charge in [0.1, 0.15) is 0 Å². The number of anilines is 1. The number of methoxy groups -OCH3 is 2. The predicted octanol–water partition coefficient (Wildman–Crippen LogP) is 3.51. The van der Waals surface area contributed by atoms with Crippen LogP contribution < -0.4 is 20.1 Å². The molecule has 2 rings (SSSR count). The summed E-state index contributed by atoms with van der Waals surface area (Å²) >= 11 is 0. The number of rotatable bonds is 9. The number of ether oxygens (including phenoxy) is 2. The third-order valence-corrected chi connectivity index (χ3v) is 4.20. The molecule has 132 valence electrons. The molecular formula is C19H28N2O3. The van der Waals surface area contributed by atoms with Gasteiger partial charge in [0.2, 0.25) is 5.91 Å². The molecule has 0 saturated heterocycles. The zero-order chi connectivity index (χ0) is 17.2. The zero-order valence-electron chi connectivity index (χ0n) is 14.7. The van der Waals surface area contributed by atoms with Crippen LogP contribution in [0.1, 0.15) is 38.5 Å². The van der Waals surface area contributed by atoms with Crippen molar-refractivity contribution in [3.05, 3.63) is 29.8 Å². The number of carbonyl (C=O) groups excluding carboxylic acids is 1. The second-order valence-electron chi connectivity index (χ2n) is 5.98. The highest BCUT2D eigenvalue weighted by Gasteiger charge is 2.07. The Kier molecular flexibility index (Phi) is 7.62. The molecule has 0 aliphatic heterocycles. The van der Waals surface area contributed by atoms with Gasteiger partial charge in [-0.15, -0.1) is 0 Å². The molecule has 0 aromatic heterocycles. The van der Waals surface area contributed by atoms with E-state index in [1.165, 1.54) is 25.7 Å². The number of nitrogens with one attached hydrogen (secondary N) is 2. The van der Waals surface area contributed by atoms with Crippen LogP contribution in [0.3, 0.4) is 0 Å². The number of allylic oxidation sites excluding steroid dienone is 1. The SMILES string of the molecule is COc1ccc(NC(=O)CCNCCC2=CCCCC2)cc1OC. The maximum absolute atomic E-state index is 12.0. The van der Waals surface area contributed by atoms with Crippen molar-refractivity contribution in [1.82, 2.24) is 5.32 Å². The van der Waals surface area contributed by atoms with Crippen LogP contribution in [0.15, 0.2) is 29.8 Å². The Balaban J connectivity index is 1.66. The van der Waals surface area contributed by atoms with Gasteiger partial charge in [0.15, 0.2) is 11.5 Å². The first-order valence-electron chi connectivity index (χ1n) is 8.63.